The zero-order valence-electron chi connectivity index (χ0n) is 10.2. The van der Waals surface area contributed by atoms with Crippen LogP contribution in [0.15, 0.2) is 56.4 Å². The smallest absolute Gasteiger partial charge is 0.202 e. The Morgan fingerprint density at radius 1 is 1.10 bits per heavy atom. The highest BCUT2D eigenvalue weighted by Gasteiger charge is 2.22. The van der Waals surface area contributed by atoms with Gasteiger partial charge in [-0.2, -0.15) is 0 Å². The van der Waals surface area contributed by atoms with E-state index in [0.717, 1.165) is 11.1 Å². The lowest BCUT2D eigenvalue weighted by molar-refractivity contribution is 0.0376. The molecule has 0 radical (unpaired) electrons. The van der Waals surface area contributed by atoms with Gasteiger partial charge in [-0.25, -0.2) is 15.3 Å². The van der Waals surface area contributed by atoms with Gasteiger partial charge in [0.25, 0.3) is 0 Å². The van der Waals surface area contributed by atoms with E-state index in [1.807, 2.05) is 30.3 Å². The summed E-state index contributed by atoms with van der Waals surface area (Å²) in [5, 5.41) is 9.72. The summed E-state index contributed by atoms with van der Waals surface area (Å²) in [4.78, 5) is 9.98. The minimum atomic E-state index is -0.446. The summed E-state index contributed by atoms with van der Waals surface area (Å²) in [5.41, 5.74) is 4.63. The van der Waals surface area contributed by atoms with E-state index >= 15 is 0 Å². The molecule has 0 unspecified atom stereocenters. The lowest BCUT2D eigenvalue weighted by Crippen LogP contribution is -2.17. The Kier molecular flexibility index (Phi) is 3.78. The van der Waals surface area contributed by atoms with Crippen LogP contribution in [0.1, 0.15) is 17.4 Å². The maximum absolute atomic E-state index is 9.72. The van der Waals surface area contributed by atoms with E-state index in [2.05, 4.69) is 42.3 Å². The number of phenolic OH excluding ortho intramolecular Hbond substituents is 1. The molecule has 0 bridgehead atoms. The minimum absolute atomic E-state index is 0.159. The molecule has 1 heterocycles. The van der Waals surface area contributed by atoms with Crippen LogP contribution in [-0.2, 0) is 4.84 Å². The standard InChI is InChI=1S/C14H10Br2N2O2/c15-10-6-9(7-11(16)12(10)19)14-17-13(18-20-14)8-4-2-1-3-5-8/h1-7,14,19H,(H,17,18)/t14-/m0/s1. The van der Waals surface area contributed by atoms with Crippen LogP contribution in [0.4, 0.5) is 0 Å². The first-order valence-electron chi connectivity index (χ1n) is 5.88. The van der Waals surface area contributed by atoms with E-state index in [4.69, 9.17) is 4.84 Å². The number of nitrogens with one attached hydrogen (secondary N) is 1. The number of hydroxylamine groups is 1. The first-order chi connectivity index (χ1) is 9.65. The highest BCUT2D eigenvalue weighted by molar-refractivity contribution is 9.11. The molecule has 3 rings (SSSR count). The van der Waals surface area contributed by atoms with Crippen molar-refractivity contribution in [2.24, 2.45) is 4.99 Å². The average molecular weight is 398 g/mol. The van der Waals surface area contributed by atoms with E-state index in [1.165, 1.54) is 0 Å². The summed E-state index contributed by atoms with van der Waals surface area (Å²) in [6.07, 6.45) is -0.446. The number of benzene rings is 2. The molecule has 1 aliphatic heterocycles. The maximum Gasteiger partial charge on any atom is 0.202 e. The van der Waals surface area contributed by atoms with Crippen LogP contribution in [-0.4, -0.2) is 10.9 Å². The quantitative estimate of drug-likeness (QED) is 0.807. The number of aliphatic imine (C=N–C) groups is 1. The van der Waals surface area contributed by atoms with Crippen LogP contribution in [0.5, 0.6) is 5.75 Å². The predicted octanol–water partition coefficient (Wildman–Crippen LogP) is 3.90. The van der Waals surface area contributed by atoms with Gasteiger partial charge in [-0.05, 0) is 44.0 Å². The van der Waals surface area contributed by atoms with Crippen LogP contribution < -0.4 is 5.48 Å². The number of hydrogen-bond acceptors (Lipinski definition) is 4. The van der Waals surface area contributed by atoms with Crippen molar-refractivity contribution in [2.75, 3.05) is 0 Å². The number of halogens is 2. The summed E-state index contributed by atoms with van der Waals surface area (Å²) in [5.74, 6) is 0.850. The van der Waals surface area contributed by atoms with Gasteiger partial charge in [0, 0.05) is 11.1 Å². The van der Waals surface area contributed by atoms with E-state index in [0.29, 0.717) is 14.8 Å². The molecule has 1 atom stereocenters. The van der Waals surface area contributed by atoms with E-state index in [9.17, 15) is 5.11 Å². The Balaban J connectivity index is 1.92. The molecule has 2 aromatic carbocycles. The largest absolute Gasteiger partial charge is 0.506 e. The first kappa shape index (κ1) is 13.6. The van der Waals surface area contributed by atoms with Gasteiger partial charge in [0.05, 0.1) is 8.95 Å². The molecule has 6 heteroatoms. The summed E-state index contributed by atoms with van der Waals surface area (Å²) in [6.45, 7) is 0. The summed E-state index contributed by atoms with van der Waals surface area (Å²) >= 11 is 6.60. The first-order valence-corrected chi connectivity index (χ1v) is 7.46. The number of amidine groups is 1. The van der Waals surface area contributed by atoms with E-state index in [-0.39, 0.29) is 5.75 Å². The number of rotatable bonds is 2. The molecule has 0 saturated carbocycles. The fourth-order valence-corrected chi connectivity index (χ4v) is 3.10. The van der Waals surface area contributed by atoms with Crippen LogP contribution >= 0.6 is 31.9 Å². The fraction of sp³-hybridized carbons (Fsp3) is 0.0714. The summed E-state index contributed by atoms with van der Waals surface area (Å²) in [7, 11) is 0. The fourth-order valence-electron chi connectivity index (χ4n) is 1.88. The Morgan fingerprint density at radius 3 is 2.40 bits per heavy atom. The maximum atomic E-state index is 9.72. The topological polar surface area (TPSA) is 53.9 Å². The second-order valence-corrected chi connectivity index (χ2v) is 5.96. The molecule has 0 saturated heterocycles. The molecular formula is C14H10Br2N2O2. The normalized spacial score (nSPS) is 17.7. The predicted molar refractivity (Wildman–Crippen MR) is 83.4 cm³/mol. The van der Waals surface area contributed by atoms with Crippen molar-refractivity contribution in [2.45, 2.75) is 6.23 Å². The van der Waals surface area contributed by atoms with Crippen molar-refractivity contribution in [3.63, 3.8) is 0 Å². The summed E-state index contributed by atoms with van der Waals surface area (Å²) < 4.78 is 1.18. The molecule has 102 valence electrons. The minimum Gasteiger partial charge on any atom is -0.506 e. The Bertz CT molecular complexity index is 651. The Labute approximate surface area is 132 Å². The number of nitrogens with zero attached hydrogens (tertiary/aromatic N) is 1. The van der Waals surface area contributed by atoms with Crippen LogP contribution in [0, 0.1) is 0 Å². The lowest BCUT2D eigenvalue weighted by atomic mass is 10.2. The third-order valence-corrected chi connectivity index (χ3v) is 4.09. The molecule has 4 nitrogen and oxygen atoms in total. The second-order valence-electron chi connectivity index (χ2n) is 4.25. The molecular weight excluding hydrogens is 388 g/mol. The van der Waals surface area contributed by atoms with Gasteiger partial charge in [0.1, 0.15) is 5.75 Å². The highest BCUT2D eigenvalue weighted by atomic mass is 79.9. The van der Waals surface area contributed by atoms with Crippen molar-refractivity contribution in [1.29, 1.82) is 0 Å². The molecule has 0 aliphatic carbocycles. The van der Waals surface area contributed by atoms with Gasteiger partial charge >= 0.3 is 0 Å². The number of phenols is 1. The molecule has 1 aliphatic rings. The zero-order valence-corrected chi connectivity index (χ0v) is 13.3. The van der Waals surface area contributed by atoms with Crippen molar-refractivity contribution in [3.05, 3.63) is 62.5 Å². The molecule has 2 N–H and O–H groups in total. The van der Waals surface area contributed by atoms with E-state index < -0.39 is 6.23 Å². The van der Waals surface area contributed by atoms with Gasteiger partial charge < -0.3 is 5.11 Å². The van der Waals surface area contributed by atoms with Gasteiger partial charge in [-0.1, -0.05) is 30.3 Å². The van der Waals surface area contributed by atoms with Gasteiger partial charge in [-0.3, -0.25) is 0 Å². The Morgan fingerprint density at radius 2 is 1.75 bits per heavy atom. The monoisotopic (exact) mass is 396 g/mol. The third kappa shape index (κ3) is 2.59. The average Bonchev–Trinajstić information content (AvgIpc) is 2.95. The highest BCUT2D eigenvalue weighted by Crippen LogP contribution is 2.36. The van der Waals surface area contributed by atoms with Crippen molar-refractivity contribution in [3.8, 4) is 5.75 Å². The molecule has 2 aromatic rings. The third-order valence-electron chi connectivity index (χ3n) is 2.89. The molecule has 0 fully saturated rings. The molecule has 0 amide bonds. The Hall–Kier alpha value is -1.37. The van der Waals surface area contributed by atoms with Crippen LogP contribution in [0.2, 0.25) is 0 Å². The van der Waals surface area contributed by atoms with Gasteiger partial charge in [0.2, 0.25) is 6.23 Å². The number of hydrogen-bond donors (Lipinski definition) is 2. The molecule has 0 spiro atoms. The molecule has 0 aromatic heterocycles. The van der Waals surface area contributed by atoms with Crippen molar-refractivity contribution in [1.82, 2.24) is 5.48 Å². The SMILES string of the molecule is Oc1c(Br)cc([C@H]2N=C(c3ccccc3)NO2)cc1Br. The van der Waals surface area contributed by atoms with Crippen molar-refractivity contribution >= 4 is 37.7 Å². The second kappa shape index (κ2) is 5.55. The zero-order chi connectivity index (χ0) is 14.1. The van der Waals surface area contributed by atoms with Crippen LogP contribution in [0.25, 0.3) is 0 Å². The van der Waals surface area contributed by atoms with E-state index in [1.54, 1.807) is 12.1 Å². The van der Waals surface area contributed by atoms with Crippen LogP contribution in [0.3, 0.4) is 0 Å². The van der Waals surface area contributed by atoms with Gasteiger partial charge in [0.15, 0.2) is 5.84 Å². The lowest BCUT2D eigenvalue weighted by Gasteiger charge is -2.09. The number of aromatic hydroxyl groups is 1. The summed E-state index contributed by atoms with van der Waals surface area (Å²) in [6, 6.07) is 13.3. The van der Waals surface area contributed by atoms with Crippen molar-refractivity contribution < 1.29 is 9.94 Å². The van der Waals surface area contributed by atoms with Gasteiger partial charge in [-0.15, -0.1) is 0 Å². The molecule has 20 heavy (non-hydrogen) atoms.